The fraction of sp³-hybridized carbons (Fsp3) is 0.0714. The Balaban J connectivity index is 2.39. The lowest BCUT2D eigenvalue weighted by molar-refractivity contribution is -0.119. The van der Waals surface area contributed by atoms with Crippen molar-refractivity contribution in [1.29, 1.82) is 0 Å². The van der Waals surface area contributed by atoms with Crippen LogP contribution in [0.15, 0.2) is 53.4 Å². The van der Waals surface area contributed by atoms with Gasteiger partial charge in [0.2, 0.25) is 15.9 Å². The van der Waals surface area contributed by atoms with Crippen LogP contribution in [-0.4, -0.2) is 14.3 Å². The molecule has 0 aliphatic carbocycles. The monoisotopic (exact) mass is 326 g/mol. The largest absolute Gasteiger partial charge is 0.368 e. The molecular formula is C14H12F2N2O3S. The number of sulfonamides is 1. The molecule has 0 spiro atoms. The fourth-order valence-corrected chi connectivity index (χ4v) is 3.10. The average molecular weight is 326 g/mol. The molecule has 0 saturated carbocycles. The molecule has 0 aliphatic heterocycles. The van der Waals surface area contributed by atoms with Gasteiger partial charge < -0.3 is 5.73 Å². The van der Waals surface area contributed by atoms with Crippen LogP contribution in [0.1, 0.15) is 11.6 Å². The van der Waals surface area contributed by atoms with Gasteiger partial charge in [-0.05, 0) is 17.7 Å². The predicted octanol–water partition coefficient (Wildman–Crippen LogP) is 1.47. The topological polar surface area (TPSA) is 89.3 Å². The van der Waals surface area contributed by atoms with Crippen molar-refractivity contribution in [2.45, 2.75) is 10.9 Å². The summed E-state index contributed by atoms with van der Waals surface area (Å²) in [5.74, 6) is -3.12. The smallest absolute Gasteiger partial charge is 0.244 e. The van der Waals surface area contributed by atoms with Crippen molar-refractivity contribution in [1.82, 2.24) is 4.72 Å². The lowest BCUT2D eigenvalue weighted by atomic mass is 10.1. The van der Waals surface area contributed by atoms with Crippen LogP contribution in [0, 0.1) is 11.6 Å². The molecule has 1 unspecified atom stereocenters. The Morgan fingerprint density at radius 3 is 2.27 bits per heavy atom. The third-order valence-electron chi connectivity index (χ3n) is 2.87. The highest BCUT2D eigenvalue weighted by Gasteiger charge is 2.27. The number of benzene rings is 2. The third-order valence-corrected chi connectivity index (χ3v) is 4.33. The Morgan fingerprint density at radius 1 is 1.09 bits per heavy atom. The zero-order chi connectivity index (χ0) is 16.3. The molecule has 22 heavy (non-hydrogen) atoms. The van der Waals surface area contributed by atoms with E-state index in [9.17, 15) is 22.0 Å². The van der Waals surface area contributed by atoms with Gasteiger partial charge in [-0.2, -0.15) is 4.72 Å². The van der Waals surface area contributed by atoms with Crippen LogP contribution in [0.4, 0.5) is 8.78 Å². The van der Waals surface area contributed by atoms with Crippen LogP contribution < -0.4 is 10.5 Å². The van der Waals surface area contributed by atoms with Gasteiger partial charge in [0.15, 0.2) is 0 Å². The molecule has 0 saturated heterocycles. The van der Waals surface area contributed by atoms with Crippen LogP contribution in [0.5, 0.6) is 0 Å². The quantitative estimate of drug-likeness (QED) is 0.872. The minimum atomic E-state index is -4.39. The molecule has 0 bridgehead atoms. The van der Waals surface area contributed by atoms with Crippen LogP contribution in [-0.2, 0) is 14.8 Å². The number of amides is 1. The number of rotatable bonds is 5. The maximum absolute atomic E-state index is 13.6. The number of nitrogens with one attached hydrogen (secondary N) is 1. The minimum Gasteiger partial charge on any atom is -0.368 e. The Hall–Kier alpha value is -2.32. The van der Waals surface area contributed by atoms with E-state index in [1.165, 1.54) is 12.1 Å². The van der Waals surface area contributed by atoms with Gasteiger partial charge >= 0.3 is 0 Å². The summed E-state index contributed by atoms with van der Waals surface area (Å²) < 4.78 is 52.8. The highest BCUT2D eigenvalue weighted by Crippen LogP contribution is 2.20. The summed E-state index contributed by atoms with van der Waals surface area (Å²) in [6.45, 7) is 0. The van der Waals surface area contributed by atoms with E-state index < -0.39 is 38.5 Å². The van der Waals surface area contributed by atoms with Crippen molar-refractivity contribution in [3.63, 3.8) is 0 Å². The van der Waals surface area contributed by atoms with E-state index >= 15 is 0 Å². The fourth-order valence-electron chi connectivity index (χ4n) is 1.85. The lowest BCUT2D eigenvalue weighted by Crippen LogP contribution is -2.37. The van der Waals surface area contributed by atoms with Crippen LogP contribution in [0.25, 0.3) is 0 Å². The van der Waals surface area contributed by atoms with E-state index in [0.29, 0.717) is 11.6 Å². The van der Waals surface area contributed by atoms with E-state index in [1.807, 2.05) is 4.72 Å². The molecule has 116 valence electrons. The second-order valence-corrected chi connectivity index (χ2v) is 6.12. The van der Waals surface area contributed by atoms with Gasteiger partial charge in [-0.15, -0.1) is 0 Å². The number of halogens is 2. The molecule has 2 aromatic carbocycles. The molecule has 5 nitrogen and oxygen atoms in total. The van der Waals surface area contributed by atoms with Gasteiger partial charge in [0.25, 0.3) is 0 Å². The normalized spacial score (nSPS) is 12.8. The predicted molar refractivity (Wildman–Crippen MR) is 75.1 cm³/mol. The first kappa shape index (κ1) is 16.1. The number of nitrogens with two attached hydrogens (primary N) is 1. The second kappa shape index (κ2) is 6.20. The minimum absolute atomic E-state index is 0.307. The maximum atomic E-state index is 13.6. The van der Waals surface area contributed by atoms with E-state index in [2.05, 4.69) is 0 Å². The molecule has 8 heteroatoms. The van der Waals surface area contributed by atoms with Gasteiger partial charge in [0.1, 0.15) is 22.6 Å². The molecule has 0 radical (unpaired) electrons. The standard InChI is InChI=1S/C14H12F2N2O3S/c15-10-6-7-12(11(16)8-10)22(20,21)18-13(14(17)19)9-4-2-1-3-5-9/h1-8,13,18H,(H2,17,19). The lowest BCUT2D eigenvalue weighted by Gasteiger charge is -2.16. The van der Waals surface area contributed by atoms with Crippen molar-refractivity contribution in [2.24, 2.45) is 5.73 Å². The molecule has 2 rings (SSSR count). The Bertz CT molecular complexity index is 795. The number of hydrogen-bond donors (Lipinski definition) is 2. The summed E-state index contributed by atoms with van der Waals surface area (Å²) in [6.07, 6.45) is 0. The maximum Gasteiger partial charge on any atom is 0.244 e. The van der Waals surface area contributed by atoms with Gasteiger partial charge in [0.05, 0.1) is 0 Å². The molecule has 3 N–H and O–H groups in total. The molecule has 1 atom stereocenters. The summed E-state index contributed by atoms with van der Waals surface area (Å²) in [7, 11) is -4.39. The second-order valence-electron chi connectivity index (χ2n) is 4.44. The molecular weight excluding hydrogens is 314 g/mol. The molecule has 1 amide bonds. The highest BCUT2D eigenvalue weighted by atomic mass is 32.2. The Kier molecular flexibility index (Phi) is 4.53. The van der Waals surface area contributed by atoms with Crippen molar-refractivity contribution in [2.75, 3.05) is 0 Å². The SMILES string of the molecule is NC(=O)C(NS(=O)(=O)c1ccc(F)cc1F)c1ccccc1. The van der Waals surface area contributed by atoms with E-state index in [-0.39, 0.29) is 0 Å². The summed E-state index contributed by atoms with van der Waals surface area (Å²) in [5.41, 5.74) is 5.50. The Morgan fingerprint density at radius 2 is 1.73 bits per heavy atom. The van der Waals surface area contributed by atoms with Gasteiger partial charge in [-0.25, -0.2) is 17.2 Å². The molecule has 0 aromatic heterocycles. The van der Waals surface area contributed by atoms with Gasteiger partial charge in [0, 0.05) is 6.07 Å². The van der Waals surface area contributed by atoms with Crippen LogP contribution >= 0.6 is 0 Å². The number of carbonyl (C=O) groups is 1. The molecule has 0 heterocycles. The Labute approximate surface area is 125 Å². The zero-order valence-corrected chi connectivity index (χ0v) is 12.0. The zero-order valence-electron chi connectivity index (χ0n) is 11.2. The molecule has 0 aliphatic rings. The summed E-state index contributed by atoms with van der Waals surface area (Å²) in [4.78, 5) is 10.7. The number of carbonyl (C=O) groups excluding carboxylic acids is 1. The van der Waals surface area contributed by atoms with Gasteiger partial charge in [-0.1, -0.05) is 30.3 Å². The molecule has 2 aromatic rings. The summed E-state index contributed by atoms with van der Waals surface area (Å²) in [6, 6.07) is 8.52. The summed E-state index contributed by atoms with van der Waals surface area (Å²) in [5, 5.41) is 0. The third kappa shape index (κ3) is 3.46. The van der Waals surface area contributed by atoms with Crippen molar-refractivity contribution in [3.05, 3.63) is 65.7 Å². The highest BCUT2D eigenvalue weighted by molar-refractivity contribution is 7.89. The van der Waals surface area contributed by atoms with Crippen LogP contribution in [0.2, 0.25) is 0 Å². The average Bonchev–Trinajstić information content (AvgIpc) is 2.45. The van der Waals surface area contributed by atoms with Crippen molar-refractivity contribution < 1.29 is 22.0 Å². The van der Waals surface area contributed by atoms with Crippen molar-refractivity contribution in [3.8, 4) is 0 Å². The first-order valence-corrected chi connectivity index (χ1v) is 7.61. The van der Waals surface area contributed by atoms with E-state index in [0.717, 1.165) is 12.1 Å². The summed E-state index contributed by atoms with van der Waals surface area (Å²) >= 11 is 0. The van der Waals surface area contributed by atoms with E-state index in [4.69, 9.17) is 5.73 Å². The molecule has 0 fully saturated rings. The number of primary amides is 1. The van der Waals surface area contributed by atoms with E-state index in [1.54, 1.807) is 18.2 Å². The first-order valence-electron chi connectivity index (χ1n) is 6.13. The van der Waals surface area contributed by atoms with Crippen LogP contribution in [0.3, 0.4) is 0 Å². The van der Waals surface area contributed by atoms with Gasteiger partial charge in [-0.3, -0.25) is 4.79 Å². The number of hydrogen-bond acceptors (Lipinski definition) is 3. The van der Waals surface area contributed by atoms with Crippen molar-refractivity contribution >= 4 is 15.9 Å². The first-order chi connectivity index (χ1) is 10.3.